The van der Waals surface area contributed by atoms with Gasteiger partial charge in [0.05, 0.1) is 17.7 Å². The number of anilines is 2. The van der Waals surface area contributed by atoms with Gasteiger partial charge in [0.2, 0.25) is 0 Å². The van der Waals surface area contributed by atoms with Crippen molar-refractivity contribution < 1.29 is 23.9 Å². The first-order valence-corrected chi connectivity index (χ1v) is 11.2. The van der Waals surface area contributed by atoms with E-state index in [1.54, 1.807) is 31.2 Å². The molecule has 0 bridgehead atoms. The monoisotopic (exact) mass is 434 g/mol. The van der Waals surface area contributed by atoms with Gasteiger partial charge in [-0.25, -0.2) is 9.59 Å². The number of ether oxygens (including phenoxy) is 2. The molecule has 1 heterocycles. The van der Waals surface area contributed by atoms with Gasteiger partial charge in [-0.15, -0.1) is 11.3 Å². The molecule has 29 heavy (non-hydrogen) atoms. The van der Waals surface area contributed by atoms with Gasteiger partial charge in [0.1, 0.15) is 5.00 Å². The van der Waals surface area contributed by atoms with Crippen LogP contribution in [0.5, 0.6) is 0 Å². The topological polar surface area (TPSA) is 93.7 Å². The highest BCUT2D eigenvalue weighted by Gasteiger charge is 2.29. The Morgan fingerprint density at radius 1 is 1.17 bits per heavy atom. The first-order valence-electron chi connectivity index (χ1n) is 9.18. The third-order valence-corrected chi connectivity index (χ3v) is 5.78. The Balaban J connectivity index is 1.61. The number of nitrogens with one attached hydrogen (secondary N) is 2. The number of carbonyl (C=O) groups excluding carboxylic acids is 3. The van der Waals surface area contributed by atoms with E-state index in [9.17, 15) is 14.4 Å². The Bertz CT molecular complexity index is 908. The van der Waals surface area contributed by atoms with Crippen molar-refractivity contribution in [2.75, 3.05) is 29.5 Å². The molecule has 0 spiro atoms. The van der Waals surface area contributed by atoms with E-state index in [0.29, 0.717) is 22.0 Å². The maximum absolute atomic E-state index is 12.3. The first kappa shape index (κ1) is 21.2. The smallest absolute Gasteiger partial charge is 0.341 e. The number of esters is 2. The fourth-order valence-electron chi connectivity index (χ4n) is 2.64. The van der Waals surface area contributed by atoms with Crippen LogP contribution in [0.3, 0.4) is 0 Å². The van der Waals surface area contributed by atoms with Crippen LogP contribution in [0.4, 0.5) is 10.7 Å². The molecule has 1 fully saturated rings. The van der Waals surface area contributed by atoms with Crippen LogP contribution >= 0.6 is 23.3 Å². The zero-order valence-electron chi connectivity index (χ0n) is 16.2. The molecule has 0 saturated heterocycles. The van der Waals surface area contributed by atoms with E-state index in [4.69, 9.17) is 9.47 Å². The molecule has 2 N–H and O–H groups in total. The van der Waals surface area contributed by atoms with Gasteiger partial charge in [-0.2, -0.15) is 0 Å². The number of hydrogen-bond acceptors (Lipinski definition) is 8. The molecule has 2 aromatic rings. The molecule has 0 unspecified atom stereocenters. The fraction of sp³-hybridized carbons (Fsp3) is 0.350. The predicted octanol–water partition coefficient (Wildman–Crippen LogP) is 4.29. The van der Waals surface area contributed by atoms with Crippen molar-refractivity contribution in [1.82, 2.24) is 0 Å². The van der Waals surface area contributed by atoms with Gasteiger partial charge in [0, 0.05) is 16.8 Å². The second-order valence-corrected chi connectivity index (χ2v) is 8.09. The van der Waals surface area contributed by atoms with Crippen molar-refractivity contribution in [1.29, 1.82) is 0 Å². The van der Waals surface area contributed by atoms with Crippen LogP contribution in [-0.2, 0) is 14.3 Å². The summed E-state index contributed by atoms with van der Waals surface area (Å²) >= 11 is 2.77. The van der Waals surface area contributed by atoms with Gasteiger partial charge in [-0.1, -0.05) is 18.0 Å². The van der Waals surface area contributed by atoms with Crippen molar-refractivity contribution in [2.45, 2.75) is 25.7 Å². The molecule has 1 aromatic carbocycles. The normalized spacial score (nSPS) is 12.9. The van der Waals surface area contributed by atoms with E-state index in [-0.39, 0.29) is 6.61 Å². The summed E-state index contributed by atoms with van der Waals surface area (Å²) in [6, 6.07) is 8.60. The molecule has 1 saturated carbocycles. The van der Waals surface area contributed by atoms with Crippen LogP contribution in [0.2, 0.25) is 0 Å². The Morgan fingerprint density at radius 3 is 2.66 bits per heavy atom. The summed E-state index contributed by atoms with van der Waals surface area (Å²) in [4.78, 5) is 37.7. The van der Waals surface area contributed by atoms with Gasteiger partial charge >= 0.3 is 11.9 Å². The van der Waals surface area contributed by atoms with Gasteiger partial charge in [0.15, 0.2) is 6.61 Å². The maximum atomic E-state index is 12.3. The molecular weight excluding hydrogens is 412 g/mol. The van der Waals surface area contributed by atoms with Gasteiger partial charge in [0.25, 0.3) is 5.91 Å². The lowest BCUT2D eigenvalue weighted by molar-refractivity contribution is -0.119. The lowest BCUT2D eigenvalue weighted by Gasteiger charge is -2.08. The SMILES string of the molecule is CCOC(=O)c1cc(C2CC2)sc1NC(=O)COC(=O)c1cccc(NSC)c1. The summed E-state index contributed by atoms with van der Waals surface area (Å²) in [7, 11) is 0. The quantitative estimate of drug-likeness (QED) is 0.449. The minimum Gasteiger partial charge on any atom is -0.462 e. The van der Waals surface area contributed by atoms with E-state index >= 15 is 0 Å². The lowest BCUT2D eigenvalue weighted by atomic mass is 10.2. The second-order valence-electron chi connectivity index (χ2n) is 6.40. The average Bonchev–Trinajstić information content (AvgIpc) is 3.47. The largest absolute Gasteiger partial charge is 0.462 e. The van der Waals surface area contributed by atoms with Crippen LogP contribution < -0.4 is 10.0 Å². The standard InChI is InChI=1S/C20H22N2O5S2/c1-3-26-20(25)15-10-16(12-7-8-12)29-18(15)21-17(23)11-27-19(24)13-5-4-6-14(9-13)22-28-2/h4-6,9-10,12,22H,3,7-8,11H2,1-2H3,(H,21,23). The maximum Gasteiger partial charge on any atom is 0.341 e. The van der Waals surface area contributed by atoms with Crippen LogP contribution in [0.1, 0.15) is 51.3 Å². The molecule has 0 atom stereocenters. The molecule has 1 aliphatic rings. The minimum absolute atomic E-state index is 0.253. The van der Waals surface area contributed by atoms with Crippen molar-refractivity contribution >= 4 is 51.8 Å². The van der Waals surface area contributed by atoms with Gasteiger partial charge in [-0.3, -0.25) is 4.79 Å². The summed E-state index contributed by atoms with van der Waals surface area (Å²) < 4.78 is 13.2. The number of carbonyl (C=O) groups is 3. The fourth-order valence-corrected chi connectivity index (χ4v) is 4.23. The van der Waals surface area contributed by atoms with Gasteiger partial charge < -0.3 is 19.5 Å². The Hall–Kier alpha value is -2.52. The highest BCUT2D eigenvalue weighted by atomic mass is 32.2. The van der Waals surface area contributed by atoms with Crippen molar-refractivity contribution in [2.24, 2.45) is 0 Å². The molecule has 3 rings (SSSR count). The minimum atomic E-state index is -0.597. The molecule has 154 valence electrons. The molecule has 7 nitrogen and oxygen atoms in total. The van der Waals surface area contributed by atoms with Crippen molar-refractivity contribution in [3.8, 4) is 0 Å². The van der Waals surface area contributed by atoms with Crippen LogP contribution in [0, 0.1) is 0 Å². The van der Waals surface area contributed by atoms with Crippen LogP contribution in [-0.4, -0.2) is 37.3 Å². The summed E-state index contributed by atoms with van der Waals surface area (Å²) in [5, 5.41) is 3.11. The molecule has 1 amide bonds. The third kappa shape index (κ3) is 5.74. The molecule has 1 aliphatic carbocycles. The third-order valence-electron chi connectivity index (χ3n) is 4.13. The van der Waals surface area contributed by atoms with E-state index in [1.807, 2.05) is 12.3 Å². The number of rotatable bonds is 9. The average molecular weight is 435 g/mol. The Morgan fingerprint density at radius 2 is 1.97 bits per heavy atom. The Labute approximate surface area is 177 Å². The van der Waals surface area contributed by atoms with E-state index < -0.39 is 24.5 Å². The van der Waals surface area contributed by atoms with Crippen molar-refractivity contribution in [3.63, 3.8) is 0 Å². The highest BCUT2D eigenvalue weighted by molar-refractivity contribution is 7.99. The lowest BCUT2D eigenvalue weighted by Crippen LogP contribution is -2.21. The second kappa shape index (κ2) is 9.80. The number of hydrogen-bond donors (Lipinski definition) is 2. The summed E-state index contributed by atoms with van der Waals surface area (Å²) in [5.41, 5.74) is 1.45. The summed E-state index contributed by atoms with van der Waals surface area (Å²) in [5.74, 6) is -1.13. The first-order chi connectivity index (χ1) is 14.0. The number of thiophene rings is 1. The molecular formula is C20H22N2O5S2. The Kier molecular flexibility index (Phi) is 7.16. The zero-order chi connectivity index (χ0) is 20.8. The summed E-state index contributed by atoms with van der Waals surface area (Å²) in [6.07, 6.45) is 4.04. The van der Waals surface area contributed by atoms with Crippen LogP contribution in [0.25, 0.3) is 0 Å². The molecule has 0 aliphatic heterocycles. The molecule has 9 heteroatoms. The number of benzene rings is 1. The molecule has 1 aromatic heterocycles. The van der Waals surface area contributed by atoms with E-state index in [1.165, 1.54) is 23.3 Å². The van der Waals surface area contributed by atoms with Crippen molar-refractivity contribution in [3.05, 3.63) is 46.3 Å². The predicted molar refractivity (Wildman–Crippen MR) is 115 cm³/mol. The highest BCUT2D eigenvalue weighted by Crippen LogP contribution is 2.46. The van der Waals surface area contributed by atoms with E-state index in [2.05, 4.69) is 10.0 Å². The molecule has 0 radical (unpaired) electrons. The van der Waals surface area contributed by atoms with E-state index in [0.717, 1.165) is 23.4 Å². The van der Waals surface area contributed by atoms with Crippen LogP contribution in [0.15, 0.2) is 30.3 Å². The summed E-state index contributed by atoms with van der Waals surface area (Å²) in [6.45, 7) is 1.54. The van der Waals surface area contributed by atoms with Gasteiger partial charge in [-0.05, 0) is 49.9 Å². The number of amides is 1. The zero-order valence-corrected chi connectivity index (χ0v) is 17.8.